The summed E-state index contributed by atoms with van der Waals surface area (Å²) in [6.07, 6.45) is 0.619. The average molecular weight is 598 g/mol. The van der Waals surface area contributed by atoms with Gasteiger partial charge in [-0.2, -0.15) is 4.31 Å². The number of hydrogen-bond donors (Lipinski definition) is 3. The maximum atomic E-state index is 13.5. The number of imide groups is 1. The number of sulfonamides is 1. The molecule has 1 aliphatic heterocycles. The zero-order valence-corrected chi connectivity index (χ0v) is 25.2. The highest BCUT2D eigenvalue weighted by Crippen LogP contribution is 2.37. The standard InChI is InChI=1S/C29H35N5O5S2/c1-5-33-16-15-23-24(18-33)40-28(25(23)27(36)32-29(37)30-4)31-26(35)21-11-13-22(14-12-21)41(38,39)34(19(2)3)17-20-9-7-6-8-10-20/h6-14,19H,5,15-18H2,1-4H3,(H,31,35)(H2,30,32,36,37). The molecule has 0 atom stereocenters. The summed E-state index contributed by atoms with van der Waals surface area (Å²) in [4.78, 5) is 41.4. The van der Waals surface area contributed by atoms with Crippen molar-refractivity contribution in [2.24, 2.45) is 0 Å². The van der Waals surface area contributed by atoms with Gasteiger partial charge in [0.05, 0.1) is 10.5 Å². The van der Waals surface area contributed by atoms with Crippen LogP contribution in [0.1, 0.15) is 57.5 Å². The second-order valence-corrected chi connectivity index (χ2v) is 13.0. The van der Waals surface area contributed by atoms with Gasteiger partial charge in [-0.1, -0.05) is 37.3 Å². The van der Waals surface area contributed by atoms with E-state index in [9.17, 15) is 22.8 Å². The van der Waals surface area contributed by atoms with Gasteiger partial charge in [-0.15, -0.1) is 11.3 Å². The highest BCUT2D eigenvalue weighted by Gasteiger charge is 2.30. The number of carbonyl (C=O) groups excluding carboxylic acids is 3. The van der Waals surface area contributed by atoms with E-state index in [4.69, 9.17) is 0 Å². The Labute approximate surface area is 244 Å². The van der Waals surface area contributed by atoms with E-state index >= 15 is 0 Å². The van der Waals surface area contributed by atoms with Crippen molar-refractivity contribution < 1.29 is 22.8 Å². The Balaban J connectivity index is 1.57. The van der Waals surface area contributed by atoms with E-state index in [2.05, 4.69) is 27.8 Å². The van der Waals surface area contributed by atoms with E-state index in [0.29, 0.717) is 18.0 Å². The minimum absolute atomic E-state index is 0.0792. The van der Waals surface area contributed by atoms with Gasteiger partial charge >= 0.3 is 6.03 Å². The fourth-order valence-electron chi connectivity index (χ4n) is 4.68. The highest BCUT2D eigenvalue weighted by molar-refractivity contribution is 7.89. The van der Waals surface area contributed by atoms with E-state index < -0.39 is 27.9 Å². The Bertz CT molecular complexity index is 1520. The normalized spacial score (nSPS) is 13.6. The van der Waals surface area contributed by atoms with Crippen LogP contribution >= 0.6 is 11.3 Å². The number of nitrogens with zero attached hydrogens (tertiary/aromatic N) is 2. The van der Waals surface area contributed by atoms with Crippen molar-refractivity contribution in [2.45, 2.75) is 51.2 Å². The summed E-state index contributed by atoms with van der Waals surface area (Å²) >= 11 is 1.31. The molecular weight excluding hydrogens is 562 g/mol. The van der Waals surface area contributed by atoms with Gasteiger partial charge < -0.3 is 10.6 Å². The molecular formula is C29H35N5O5S2. The molecule has 3 aromatic rings. The topological polar surface area (TPSA) is 128 Å². The Kier molecular flexibility index (Phi) is 9.59. The lowest BCUT2D eigenvalue weighted by atomic mass is 10.0. The van der Waals surface area contributed by atoms with Crippen molar-refractivity contribution in [1.29, 1.82) is 0 Å². The number of likely N-dealkylation sites (N-methyl/N-ethyl adjacent to an activating group) is 1. The molecule has 0 saturated carbocycles. The molecule has 1 aromatic heterocycles. The molecule has 218 valence electrons. The summed E-state index contributed by atoms with van der Waals surface area (Å²) < 4.78 is 28.4. The third kappa shape index (κ3) is 6.84. The number of carbonyl (C=O) groups is 3. The highest BCUT2D eigenvalue weighted by atomic mass is 32.2. The lowest BCUT2D eigenvalue weighted by molar-refractivity contribution is 0.0964. The molecule has 0 unspecified atom stereocenters. The van der Waals surface area contributed by atoms with E-state index in [-0.39, 0.29) is 28.6 Å². The molecule has 2 aromatic carbocycles. The third-order valence-corrected chi connectivity index (χ3v) is 10.1. The number of thiophene rings is 1. The van der Waals surface area contributed by atoms with Crippen molar-refractivity contribution >= 4 is 44.2 Å². The van der Waals surface area contributed by atoms with Gasteiger partial charge in [0, 0.05) is 43.2 Å². The quantitative estimate of drug-likeness (QED) is 0.342. The average Bonchev–Trinajstić information content (AvgIpc) is 3.33. The molecule has 0 bridgehead atoms. The molecule has 0 spiro atoms. The van der Waals surface area contributed by atoms with Crippen LogP contribution in [0.2, 0.25) is 0 Å². The summed E-state index contributed by atoms with van der Waals surface area (Å²) in [7, 11) is -2.42. The van der Waals surface area contributed by atoms with Crippen LogP contribution in [0, 0.1) is 0 Å². The largest absolute Gasteiger partial charge is 0.341 e. The van der Waals surface area contributed by atoms with Gasteiger partial charge in [0.2, 0.25) is 10.0 Å². The van der Waals surface area contributed by atoms with Crippen LogP contribution in [0.25, 0.3) is 0 Å². The van der Waals surface area contributed by atoms with E-state index in [1.807, 2.05) is 44.2 Å². The van der Waals surface area contributed by atoms with Gasteiger partial charge in [-0.25, -0.2) is 13.2 Å². The van der Waals surface area contributed by atoms with Crippen LogP contribution in [0.5, 0.6) is 0 Å². The lowest BCUT2D eigenvalue weighted by Crippen LogP contribution is -2.38. The lowest BCUT2D eigenvalue weighted by Gasteiger charge is -2.26. The smallest absolute Gasteiger partial charge is 0.321 e. The molecule has 0 aliphatic carbocycles. The Hall–Kier alpha value is -3.58. The van der Waals surface area contributed by atoms with Crippen molar-refractivity contribution in [3.63, 3.8) is 0 Å². The molecule has 3 N–H and O–H groups in total. The number of fused-ring (bicyclic) bond motifs is 1. The summed E-state index contributed by atoms with van der Waals surface area (Å²) in [6, 6.07) is 14.2. The minimum Gasteiger partial charge on any atom is -0.341 e. The Morgan fingerprint density at radius 3 is 2.32 bits per heavy atom. The first kappa shape index (κ1) is 30.4. The maximum Gasteiger partial charge on any atom is 0.321 e. The first-order valence-corrected chi connectivity index (χ1v) is 15.7. The van der Waals surface area contributed by atoms with E-state index in [1.165, 1.54) is 47.0 Å². The number of amides is 4. The second kappa shape index (κ2) is 12.9. The molecule has 0 saturated heterocycles. The van der Waals surface area contributed by atoms with Crippen molar-refractivity contribution in [2.75, 3.05) is 25.5 Å². The van der Waals surface area contributed by atoms with Crippen LogP contribution < -0.4 is 16.0 Å². The predicted molar refractivity (Wildman–Crippen MR) is 160 cm³/mol. The monoisotopic (exact) mass is 597 g/mol. The number of anilines is 1. The first-order valence-electron chi connectivity index (χ1n) is 13.4. The van der Waals surface area contributed by atoms with Gasteiger partial charge in [0.1, 0.15) is 5.00 Å². The van der Waals surface area contributed by atoms with Crippen molar-refractivity contribution in [3.05, 3.63) is 81.7 Å². The number of benzene rings is 2. The fraction of sp³-hybridized carbons (Fsp3) is 0.345. The summed E-state index contributed by atoms with van der Waals surface area (Å²) in [5.41, 5.74) is 2.22. The molecule has 4 amide bonds. The molecule has 1 aliphatic rings. The molecule has 41 heavy (non-hydrogen) atoms. The first-order chi connectivity index (χ1) is 19.5. The zero-order valence-electron chi connectivity index (χ0n) is 23.6. The summed E-state index contributed by atoms with van der Waals surface area (Å²) in [5.74, 6) is -1.07. The molecule has 4 rings (SSSR count). The van der Waals surface area contributed by atoms with Gasteiger partial charge in [0.25, 0.3) is 11.8 Å². The van der Waals surface area contributed by atoms with Gasteiger partial charge in [0.15, 0.2) is 0 Å². The van der Waals surface area contributed by atoms with Crippen LogP contribution in [-0.4, -0.2) is 61.6 Å². The predicted octanol–water partition coefficient (Wildman–Crippen LogP) is 4.05. The van der Waals surface area contributed by atoms with Crippen molar-refractivity contribution in [3.8, 4) is 0 Å². The SMILES string of the molecule is CCN1CCc2c(sc(NC(=O)c3ccc(S(=O)(=O)N(Cc4ccccc4)C(C)C)cc3)c2C(=O)NC(=O)NC)C1. The molecule has 12 heteroatoms. The molecule has 0 radical (unpaired) electrons. The van der Waals surface area contributed by atoms with Gasteiger partial charge in [-0.3, -0.25) is 19.8 Å². The zero-order chi connectivity index (χ0) is 29.7. The van der Waals surface area contributed by atoms with Crippen LogP contribution in [0.15, 0.2) is 59.5 Å². The van der Waals surface area contributed by atoms with Crippen LogP contribution in [0.4, 0.5) is 9.80 Å². The summed E-state index contributed by atoms with van der Waals surface area (Å²) in [6.45, 7) is 8.19. The van der Waals surface area contributed by atoms with E-state index in [0.717, 1.165) is 29.1 Å². The van der Waals surface area contributed by atoms with Gasteiger partial charge in [-0.05, 0) is 62.2 Å². The second-order valence-electron chi connectivity index (χ2n) is 9.97. The number of urea groups is 1. The molecule has 10 nitrogen and oxygen atoms in total. The van der Waals surface area contributed by atoms with Crippen LogP contribution in [0.3, 0.4) is 0 Å². The summed E-state index contributed by atoms with van der Waals surface area (Å²) in [5, 5.41) is 7.85. The number of nitrogens with one attached hydrogen (secondary N) is 3. The third-order valence-electron chi connectivity index (χ3n) is 6.97. The van der Waals surface area contributed by atoms with E-state index in [1.54, 1.807) is 0 Å². The fourth-order valence-corrected chi connectivity index (χ4v) is 7.59. The maximum absolute atomic E-state index is 13.5. The molecule has 2 heterocycles. The van der Waals surface area contributed by atoms with Crippen LogP contribution in [-0.2, 0) is 29.5 Å². The number of hydrogen-bond acceptors (Lipinski definition) is 7. The number of rotatable bonds is 9. The Morgan fingerprint density at radius 1 is 1.02 bits per heavy atom. The minimum atomic E-state index is -3.83. The van der Waals surface area contributed by atoms with Crippen molar-refractivity contribution in [1.82, 2.24) is 19.8 Å². The molecule has 0 fully saturated rings. The Morgan fingerprint density at radius 2 is 1.71 bits per heavy atom.